The maximum absolute atomic E-state index is 14.0. The summed E-state index contributed by atoms with van der Waals surface area (Å²) in [6.45, 7) is 1.98. The molecule has 28 heavy (non-hydrogen) atoms. The van der Waals surface area contributed by atoms with Gasteiger partial charge in [0.1, 0.15) is 6.33 Å². The third-order valence-electron chi connectivity index (χ3n) is 4.61. The minimum atomic E-state index is -3.94. The van der Waals surface area contributed by atoms with Crippen molar-refractivity contribution in [3.8, 4) is 5.75 Å². The first-order chi connectivity index (χ1) is 13.2. The van der Waals surface area contributed by atoms with Crippen molar-refractivity contribution in [3.63, 3.8) is 0 Å². The second-order valence-electron chi connectivity index (χ2n) is 6.40. The number of halogens is 1. The van der Waals surface area contributed by atoms with Gasteiger partial charge < -0.3 is 9.30 Å². The standard InChI is InChI=1S/C16H21FN4O5S2/c1-3-26-15-5-4-13(10-14(15)17)28(24,25)21-8-6-12(7-9-21)27(22,23)16-19-18-11-20(16)2/h4-5,10-12H,3,6-9H2,1-2H3. The first-order valence-electron chi connectivity index (χ1n) is 8.68. The number of hydrogen-bond donors (Lipinski definition) is 0. The van der Waals surface area contributed by atoms with Crippen molar-refractivity contribution in [1.29, 1.82) is 0 Å². The largest absolute Gasteiger partial charge is 0.491 e. The fourth-order valence-corrected chi connectivity index (χ4v) is 6.35. The predicted molar refractivity (Wildman–Crippen MR) is 97.5 cm³/mol. The van der Waals surface area contributed by atoms with E-state index in [0.717, 1.165) is 6.07 Å². The van der Waals surface area contributed by atoms with Crippen molar-refractivity contribution >= 4 is 19.9 Å². The molecule has 0 radical (unpaired) electrons. The summed E-state index contributed by atoms with van der Waals surface area (Å²) >= 11 is 0. The van der Waals surface area contributed by atoms with Gasteiger partial charge in [-0.15, -0.1) is 10.2 Å². The van der Waals surface area contributed by atoms with E-state index in [9.17, 15) is 21.2 Å². The number of piperidine rings is 1. The fraction of sp³-hybridized carbons (Fsp3) is 0.500. The highest BCUT2D eigenvalue weighted by Crippen LogP contribution is 2.28. The Morgan fingerprint density at radius 1 is 1.21 bits per heavy atom. The average Bonchev–Trinajstić information content (AvgIpc) is 3.10. The molecule has 2 heterocycles. The predicted octanol–water partition coefficient (Wildman–Crippen LogP) is 0.980. The van der Waals surface area contributed by atoms with Crippen LogP contribution in [0.4, 0.5) is 4.39 Å². The van der Waals surface area contributed by atoms with Crippen molar-refractivity contribution in [1.82, 2.24) is 19.1 Å². The molecule has 1 saturated heterocycles. The highest BCUT2D eigenvalue weighted by Gasteiger charge is 2.37. The number of nitrogens with zero attached hydrogens (tertiary/aromatic N) is 4. The quantitative estimate of drug-likeness (QED) is 0.669. The van der Waals surface area contributed by atoms with Gasteiger partial charge in [-0.05, 0) is 38.0 Å². The summed E-state index contributed by atoms with van der Waals surface area (Å²) in [6, 6.07) is 3.48. The lowest BCUT2D eigenvalue weighted by Gasteiger charge is -2.30. The van der Waals surface area contributed by atoms with E-state index in [1.165, 1.54) is 34.4 Å². The number of aryl methyl sites for hydroxylation is 1. The minimum absolute atomic E-state index is 0.0128. The summed E-state index contributed by atoms with van der Waals surface area (Å²) in [5.74, 6) is -0.780. The van der Waals surface area contributed by atoms with Gasteiger partial charge in [0.2, 0.25) is 25.0 Å². The van der Waals surface area contributed by atoms with Crippen molar-refractivity contribution in [2.75, 3.05) is 19.7 Å². The van der Waals surface area contributed by atoms with Gasteiger partial charge in [0, 0.05) is 20.1 Å². The van der Waals surface area contributed by atoms with Crippen LogP contribution in [0.3, 0.4) is 0 Å². The number of rotatable bonds is 6. The number of aromatic nitrogens is 3. The SMILES string of the molecule is CCOc1ccc(S(=O)(=O)N2CCC(S(=O)(=O)c3nncn3C)CC2)cc1F. The smallest absolute Gasteiger partial charge is 0.249 e. The van der Waals surface area contributed by atoms with E-state index < -0.39 is 30.9 Å². The summed E-state index contributed by atoms with van der Waals surface area (Å²) in [5, 5.41) is 6.35. The number of sulfone groups is 1. The van der Waals surface area contributed by atoms with Crippen LogP contribution in [0.25, 0.3) is 0 Å². The van der Waals surface area contributed by atoms with Crippen molar-refractivity contribution in [2.24, 2.45) is 7.05 Å². The third kappa shape index (κ3) is 3.76. The molecule has 12 heteroatoms. The molecule has 0 saturated carbocycles. The highest BCUT2D eigenvalue weighted by molar-refractivity contribution is 7.92. The van der Waals surface area contributed by atoms with Crippen LogP contribution in [0.5, 0.6) is 5.75 Å². The Hall–Kier alpha value is -2.05. The van der Waals surface area contributed by atoms with Gasteiger partial charge in [-0.3, -0.25) is 0 Å². The van der Waals surface area contributed by atoms with Crippen LogP contribution in [0.1, 0.15) is 19.8 Å². The molecule has 3 rings (SSSR count). The molecule has 0 amide bonds. The lowest BCUT2D eigenvalue weighted by Crippen LogP contribution is -2.42. The molecule has 0 atom stereocenters. The van der Waals surface area contributed by atoms with Gasteiger partial charge in [0.05, 0.1) is 16.8 Å². The Labute approximate surface area is 163 Å². The summed E-state index contributed by atoms with van der Waals surface area (Å²) in [7, 11) is -6.11. The lowest BCUT2D eigenvalue weighted by atomic mass is 10.2. The van der Waals surface area contributed by atoms with Gasteiger partial charge >= 0.3 is 0 Å². The minimum Gasteiger partial charge on any atom is -0.491 e. The molecule has 0 aliphatic carbocycles. The zero-order valence-corrected chi connectivity index (χ0v) is 17.1. The summed E-state index contributed by atoms with van der Waals surface area (Å²) < 4.78 is 72.6. The number of sulfonamides is 1. The molecule has 9 nitrogen and oxygen atoms in total. The van der Waals surface area contributed by atoms with Gasteiger partial charge in [-0.25, -0.2) is 21.2 Å². The normalized spacial score (nSPS) is 17.0. The molecule has 1 aromatic carbocycles. The Morgan fingerprint density at radius 2 is 1.89 bits per heavy atom. The number of benzene rings is 1. The molecule has 0 N–H and O–H groups in total. The number of hydrogen-bond acceptors (Lipinski definition) is 7. The molecule has 1 aliphatic rings. The summed E-state index contributed by atoms with van der Waals surface area (Å²) in [5.41, 5.74) is 0. The average molecular weight is 432 g/mol. The van der Waals surface area contributed by atoms with E-state index in [0.29, 0.717) is 0 Å². The Bertz CT molecular complexity index is 1060. The maximum atomic E-state index is 14.0. The lowest BCUT2D eigenvalue weighted by molar-refractivity contribution is 0.320. The van der Waals surface area contributed by atoms with Crippen LogP contribution in [0, 0.1) is 5.82 Å². The molecule has 1 fully saturated rings. The van der Waals surface area contributed by atoms with E-state index in [4.69, 9.17) is 4.74 Å². The van der Waals surface area contributed by atoms with Crippen LogP contribution in [0.2, 0.25) is 0 Å². The van der Waals surface area contributed by atoms with Gasteiger partial charge in [-0.2, -0.15) is 4.31 Å². The van der Waals surface area contributed by atoms with Crippen LogP contribution in [-0.4, -0.2) is 60.9 Å². The zero-order chi connectivity index (χ0) is 20.5. The Balaban J connectivity index is 1.75. The molecule has 0 spiro atoms. The van der Waals surface area contributed by atoms with E-state index in [1.54, 1.807) is 6.92 Å². The van der Waals surface area contributed by atoms with Gasteiger partial charge in [-0.1, -0.05) is 0 Å². The third-order valence-corrected chi connectivity index (χ3v) is 8.73. The molecular formula is C16H21FN4O5S2. The second kappa shape index (κ2) is 7.76. The van der Waals surface area contributed by atoms with E-state index in [-0.39, 0.29) is 48.3 Å². The summed E-state index contributed by atoms with van der Waals surface area (Å²) in [4.78, 5) is -0.192. The molecule has 0 unspecified atom stereocenters. The van der Waals surface area contributed by atoms with Gasteiger partial charge in [0.15, 0.2) is 11.6 Å². The van der Waals surface area contributed by atoms with Gasteiger partial charge in [0.25, 0.3) is 0 Å². The fourth-order valence-electron chi connectivity index (χ4n) is 3.13. The van der Waals surface area contributed by atoms with Crippen molar-refractivity contribution < 1.29 is 26.0 Å². The first-order valence-corrected chi connectivity index (χ1v) is 11.7. The maximum Gasteiger partial charge on any atom is 0.249 e. The molecule has 1 aromatic heterocycles. The zero-order valence-electron chi connectivity index (χ0n) is 15.4. The van der Waals surface area contributed by atoms with Crippen LogP contribution in [0.15, 0.2) is 34.6 Å². The van der Waals surface area contributed by atoms with E-state index >= 15 is 0 Å². The topological polar surface area (TPSA) is 111 Å². The van der Waals surface area contributed by atoms with Crippen molar-refractivity contribution in [2.45, 2.75) is 35.1 Å². The van der Waals surface area contributed by atoms with Crippen LogP contribution in [-0.2, 0) is 26.9 Å². The Morgan fingerprint density at radius 3 is 2.43 bits per heavy atom. The van der Waals surface area contributed by atoms with Crippen molar-refractivity contribution in [3.05, 3.63) is 30.3 Å². The van der Waals surface area contributed by atoms with Crippen LogP contribution < -0.4 is 4.74 Å². The van der Waals surface area contributed by atoms with E-state index in [2.05, 4.69) is 10.2 Å². The summed E-state index contributed by atoms with van der Waals surface area (Å²) in [6.07, 6.45) is 1.54. The van der Waals surface area contributed by atoms with E-state index in [1.807, 2.05) is 0 Å². The monoisotopic (exact) mass is 432 g/mol. The van der Waals surface area contributed by atoms with Crippen LogP contribution >= 0.6 is 0 Å². The molecule has 0 bridgehead atoms. The molecule has 2 aromatic rings. The molecule has 154 valence electrons. The molecule has 1 aliphatic heterocycles. The second-order valence-corrected chi connectivity index (χ2v) is 10.5. The highest BCUT2D eigenvalue weighted by atomic mass is 32.2. The number of ether oxygens (including phenoxy) is 1. The Kier molecular flexibility index (Phi) is 5.73. The first kappa shape index (κ1) is 20.7. The molecular weight excluding hydrogens is 411 g/mol.